The van der Waals surface area contributed by atoms with Gasteiger partial charge in [0.2, 0.25) is 0 Å². The van der Waals surface area contributed by atoms with Crippen molar-refractivity contribution in [3.05, 3.63) is 35.9 Å². The van der Waals surface area contributed by atoms with E-state index in [1.165, 1.54) is 0 Å². The van der Waals surface area contributed by atoms with Gasteiger partial charge in [0.15, 0.2) is 0 Å². The number of nitrogens with one attached hydrogen (secondary N) is 1. The second kappa shape index (κ2) is 6.90. The molecule has 0 bridgehead atoms. The Balaban J connectivity index is 2.01. The Hall–Kier alpha value is -1.58. The van der Waals surface area contributed by atoms with Gasteiger partial charge < -0.3 is 5.11 Å². The summed E-state index contributed by atoms with van der Waals surface area (Å²) in [4.78, 5) is 11.3. The smallest absolute Gasteiger partial charge is 0.312 e. The first-order chi connectivity index (χ1) is 10.7. The second-order valence-electron chi connectivity index (χ2n) is 5.41. The molecule has 2 rings (SSSR count). The summed E-state index contributed by atoms with van der Waals surface area (Å²) in [5.41, 5.74) is 0.466. The zero-order valence-electron chi connectivity index (χ0n) is 12.3. The Morgan fingerprint density at radius 2 is 1.83 bits per heavy atom. The van der Waals surface area contributed by atoms with Crippen molar-refractivity contribution in [2.24, 2.45) is 0 Å². The summed E-state index contributed by atoms with van der Waals surface area (Å²) in [5, 5.41) is 9.25. The number of alkyl halides is 2. The van der Waals surface area contributed by atoms with E-state index in [9.17, 15) is 27.1 Å². The average Bonchev–Trinajstić information content (AvgIpc) is 2.47. The van der Waals surface area contributed by atoms with Crippen LogP contribution < -0.4 is 4.72 Å². The first-order valence-electron chi connectivity index (χ1n) is 7.12. The van der Waals surface area contributed by atoms with E-state index in [-0.39, 0.29) is 19.6 Å². The van der Waals surface area contributed by atoms with E-state index in [1.54, 1.807) is 30.3 Å². The predicted octanol–water partition coefficient (Wildman–Crippen LogP) is 1.42. The molecule has 1 aliphatic heterocycles. The molecule has 0 spiro atoms. The van der Waals surface area contributed by atoms with Crippen molar-refractivity contribution in [1.82, 2.24) is 9.03 Å². The van der Waals surface area contributed by atoms with Gasteiger partial charge in [-0.25, -0.2) is 13.5 Å². The quantitative estimate of drug-likeness (QED) is 0.814. The van der Waals surface area contributed by atoms with Gasteiger partial charge in [0.1, 0.15) is 0 Å². The number of nitrogens with zero attached hydrogens (tertiary/aromatic N) is 1. The third-order valence-corrected chi connectivity index (χ3v) is 5.34. The van der Waals surface area contributed by atoms with Gasteiger partial charge in [0, 0.05) is 32.5 Å². The van der Waals surface area contributed by atoms with Crippen LogP contribution in [0.4, 0.5) is 8.78 Å². The first kappa shape index (κ1) is 17.8. The minimum absolute atomic E-state index is 0.286. The van der Waals surface area contributed by atoms with Crippen LogP contribution in [0.3, 0.4) is 0 Å². The maximum atomic E-state index is 13.1. The Morgan fingerprint density at radius 3 is 2.35 bits per heavy atom. The zero-order chi connectivity index (χ0) is 17.1. The number of benzene rings is 1. The number of hydrogen-bond donors (Lipinski definition) is 2. The van der Waals surface area contributed by atoms with Crippen LogP contribution in [-0.4, -0.2) is 49.4 Å². The number of carboxylic acids is 1. The van der Waals surface area contributed by atoms with Crippen LogP contribution in [0.1, 0.15) is 24.3 Å². The molecule has 1 aromatic rings. The Bertz CT molecular complexity index is 642. The van der Waals surface area contributed by atoms with Crippen LogP contribution in [0.15, 0.2) is 30.3 Å². The number of piperidine rings is 1. The zero-order valence-corrected chi connectivity index (χ0v) is 13.1. The molecular weight excluding hydrogens is 330 g/mol. The third-order valence-electron chi connectivity index (χ3n) is 3.76. The summed E-state index contributed by atoms with van der Waals surface area (Å²) in [6.45, 7) is -0.911. The van der Waals surface area contributed by atoms with Gasteiger partial charge in [-0.15, -0.1) is 0 Å². The van der Waals surface area contributed by atoms with Gasteiger partial charge in [0.05, 0.1) is 5.92 Å². The number of aliphatic carboxylic acids is 1. The topological polar surface area (TPSA) is 86.7 Å². The minimum Gasteiger partial charge on any atom is -0.481 e. The second-order valence-corrected chi connectivity index (χ2v) is 7.17. The molecule has 1 aliphatic rings. The lowest BCUT2D eigenvalue weighted by atomic mass is 10.00. The largest absolute Gasteiger partial charge is 0.481 e. The van der Waals surface area contributed by atoms with E-state index >= 15 is 0 Å². The van der Waals surface area contributed by atoms with E-state index in [4.69, 9.17) is 0 Å². The molecule has 0 aromatic heterocycles. The van der Waals surface area contributed by atoms with E-state index in [1.807, 2.05) is 0 Å². The highest BCUT2D eigenvalue weighted by Crippen LogP contribution is 2.28. The molecule has 6 nitrogen and oxygen atoms in total. The summed E-state index contributed by atoms with van der Waals surface area (Å²) in [6.07, 6.45) is -1.07. The van der Waals surface area contributed by atoms with Crippen LogP contribution in [0, 0.1) is 0 Å². The fourth-order valence-corrected chi connectivity index (χ4v) is 3.59. The maximum Gasteiger partial charge on any atom is 0.312 e. The van der Waals surface area contributed by atoms with E-state index in [0.717, 1.165) is 4.31 Å². The number of carbonyl (C=O) groups is 1. The Morgan fingerprint density at radius 1 is 1.26 bits per heavy atom. The van der Waals surface area contributed by atoms with Crippen LogP contribution in [0.2, 0.25) is 0 Å². The summed E-state index contributed by atoms with van der Waals surface area (Å²) in [5.74, 6) is -5.05. The number of hydrogen-bond acceptors (Lipinski definition) is 3. The van der Waals surface area contributed by atoms with Crippen LogP contribution in [0.5, 0.6) is 0 Å². The molecule has 1 fully saturated rings. The lowest BCUT2D eigenvalue weighted by molar-refractivity contribution is -0.138. The lowest BCUT2D eigenvalue weighted by Crippen LogP contribution is -2.48. The fraction of sp³-hybridized carbons (Fsp3) is 0.500. The standard InChI is InChI=1S/C14H18F2N2O4S/c15-14(16)6-8-18(9-7-14)23(21,22)17-10-12(13(19)20)11-4-2-1-3-5-11/h1-5,12,17H,6-10H2,(H,19,20). The van der Waals surface area contributed by atoms with E-state index in [0.29, 0.717) is 5.56 Å². The molecule has 9 heteroatoms. The first-order valence-corrected chi connectivity index (χ1v) is 8.56. The van der Waals surface area contributed by atoms with Crippen molar-refractivity contribution in [1.29, 1.82) is 0 Å². The molecule has 2 N–H and O–H groups in total. The van der Waals surface area contributed by atoms with Gasteiger partial charge in [-0.05, 0) is 5.56 Å². The fourth-order valence-electron chi connectivity index (χ4n) is 2.37. The number of carboxylic acid groups (broad SMARTS) is 1. The summed E-state index contributed by atoms with van der Waals surface area (Å²) in [6, 6.07) is 8.22. The van der Waals surface area contributed by atoms with Crippen molar-refractivity contribution in [3.8, 4) is 0 Å². The molecule has 1 saturated heterocycles. The summed E-state index contributed by atoms with van der Waals surface area (Å²) >= 11 is 0. The highest BCUT2D eigenvalue weighted by molar-refractivity contribution is 7.87. The lowest BCUT2D eigenvalue weighted by Gasteiger charge is -2.31. The van der Waals surface area contributed by atoms with Gasteiger partial charge in [-0.3, -0.25) is 4.79 Å². The molecule has 1 aromatic carbocycles. The maximum absolute atomic E-state index is 13.1. The SMILES string of the molecule is O=C(O)C(CNS(=O)(=O)N1CCC(F)(F)CC1)c1ccccc1. The molecule has 1 atom stereocenters. The normalized spacial score (nSPS) is 20.1. The number of rotatable bonds is 6. The molecule has 23 heavy (non-hydrogen) atoms. The molecule has 1 heterocycles. The van der Waals surface area contributed by atoms with E-state index < -0.39 is 40.9 Å². The van der Waals surface area contributed by atoms with Crippen molar-refractivity contribution in [2.45, 2.75) is 24.7 Å². The molecule has 0 radical (unpaired) electrons. The average molecular weight is 348 g/mol. The molecule has 0 saturated carbocycles. The van der Waals surface area contributed by atoms with Crippen molar-refractivity contribution in [2.75, 3.05) is 19.6 Å². The molecular formula is C14H18F2N2O4S. The molecule has 0 aliphatic carbocycles. The van der Waals surface area contributed by atoms with Crippen molar-refractivity contribution in [3.63, 3.8) is 0 Å². The van der Waals surface area contributed by atoms with Gasteiger partial charge in [-0.2, -0.15) is 12.7 Å². The number of halogens is 2. The highest BCUT2D eigenvalue weighted by atomic mass is 32.2. The Labute approximate surface area is 133 Å². The monoisotopic (exact) mass is 348 g/mol. The molecule has 0 amide bonds. The van der Waals surface area contributed by atoms with E-state index in [2.05, 4.69) is 4.72 Å². The molecule has 1 unspecified atom stereocenters. The summed E-state index contributed by atoms with van der Waals surface area (Å²) < 4.78 is 53.6. The van der Waals surface area contributed by atoms with Crippen molar-refractivity contribution >= 4 is 16.2 Å². The Kier molecular flexibility index (Phi) is 5.33. The highest BCUT2D eigenvalue weighted by Gasteiger charge is 2.38. The molecule has 128 valence electrons. The van der Waals surface area contributed by atoms with Gasteiger partial charge >= 0.3 is 5.97 Å². The van der Waals surface area contributed by atoms with Crippen LogP contribution >= 0.6 is 0 Å². The van der Waals surface area contributed by atoms with Gasteiger partial charge in [0.25, 0.3) is 16.1 Å². The minimum atomic E-state index is -3.98. The van der Waals surface area contributed by atoms with Crippen LogP contribution in [0.25, 0.3) is 0 Å². The summed E-state index contributed by atoms with van der Waals surface area (Å²) in [7, 11) is -3.98. The predicted molar refractivity (Wildman–Crippen MR) is 79.5 cm³/mol. The van der Waals surface area contributed by atoms with Gasteiger partial charge in [-0.1, -0.05) is 30.3 Å². The third kappa shape index (κ3) is 4.69. The van der Waals surface area contributed by atoms with Crippen molar-refractivity contribution < 1.29 is 27.1 Å². The van der Waals surface area contributed by atoms with Crippen LogP contribution in [-0.2, 0) is 15.0 Å².